The minimum atomic E-state index is -3.02. The fraction of sp³-hybridized carbons (Fsp3) is 0.571. The van der Waals surface area contributed by atoms with E-state index in [4.69, 9.17) is 0 Å². The van der Waals surface area contributed by atoms with Crippen LogP contribution in [0.25, 0.3) is 0 Å². The van der Waals surface area contributed by atoms with Crippen LogP contribution in [-0.2, 0) is 6.54 Å². The zero-order valence-corrected chi connectivity index (χ0v) is 11.3. The molecule has 1 aromatic carbocycles. The minimum absolute atomic E-state index is 0.149. The van der Waals surface area contributed by atoms with Gasteiger partial charge in [-0.05, 0) is 31.4 Å². The molecule has 3 nitrogen and oxygen atoms in total. The van der Waals surface area contributed by atoms with Crippen LogP contribution in [0.5, 0.6) is 11.5 Å². The van der Waals surface area contributed by atoms with Gasteiger partial charge in [-0.25, -0.2) is 0 Å². The Balaban J connectivity index is 1.98. The number of rotatable bonds is 8. The number of benzene rings is 1. The molecule has 0 radical (unpaired) electrons. The van der Waals surface area contributed by atoms with E-state index < -0.39 is 13.2 Å². The first kappa shape index (κ1) is 15.9. The predicted molar refractivity (Wildman–Crippen MR) is 68.8 cm³/mol. The highest BCUT2D eigenvalue weighted by molar-refractivity contribution is 5.40. The summed E-state index contributed by atoms with van der Waals surface area (Å²) in [5.74, 6) is 0.276. The lowest BCUT2D eigenvalue weighted by molar-refractivity contribution is -0.0547. The van der Waals surface area contributed by atoms with E-state index >= 15 is 0 Å². The van der Waals surface area contributed by atoms with Crippen LogP contribution in [0.1, 0.15) is 24.8 Å². The molecule has 0 saturated heterocycles. The molecule has 0 unspecified atom stereocenters. The maximum atomic E-state index is 12.4. The molecule has 0 bridgehead atoms. The summed E-state index contributed by atoms with van der Waals surface area (Å²) in [6, 6.07) is 3.81. The molecule has 0 spiro atoms. The topological polar surface area (TPSA) is 30.5 Å². The van der Waals surface area contributed by atoms with Crippen molar-refractivity contribution in [1.82, 2.24) is 5.32 Å². The maximum Gasteiger partial charge on any atom is 0.387 e. The van der Waals surface area contributed by atoms with E-state index in [0.29, 0.717) is 18.0 Å². The molecule has 1 fully saturated rings. The molecule has 0 atom stereocenters. The van der Waals surface area contributed by atoms with Crippen LogP contribution in [0, 0.1) is 5.92 Å². The molecule has 0 heterocycles. The van der Waals surface area contributed by atoms with Gasteiger partial charge in [0.05, 0.1) is 0 Å². The number of hydrogen-bond donors (Lipinski definition) is 1. The Morgan fingerprint density at radius 3 is 2.38 bits per heavy atom. The second-order valence-electron chi connectivity index (χ2n) is 4.95. The molecule has 0 aromatic heterocycles. The van der Waals surface area contributed by atoms with Gasteiger partial charge in [-0.3, -0.25) is 0 Å². The average molecular weight is 307 g/mol. The van der Waals surface area contributed by atoms with Crippen molar-refractivity contribution in [2.75, 3.05) is 6.54 Å². The summed E-state index contributed by atoms with van der Waals surface area (Å²) in [7, 11) is 0. The Bertz CT molecular complexity index is 453. The van der Waals surface area contributed by atoms with Crippen molar-refractivity contribution in [3.63, 3.8) is 0 Å². The molecule has 21 heavy (non-hydrogen) atoms. The minimum Gasteiger partial charge on any atom is -0.435 e. The Morgan fingerprint density at radius 1 is 1.10 bits per heavy atom. The molecule has 7 heteroatoms. The molecule has 1 aliphatic rings. The van der Waals surface area contributed by atoms with Crippen molar-refractivity contribution < 1.29 is 27.0 Å². The molecule has 0 amide bonds. The lowest BCUT2D eigenvalue weighted by Crippen LogP contribution is -2.27. The van der Waals surface area contributed by atoms with E-state index in [0.717, 1.165) is 12.6 Å². The van der Waals surface area contributed by atoms with Crippen LogP contribution in [0.4, 0.5) is 17.6 Å². The highest BCUT2D eigenvalue weighted by atomic mass is 19.3. The van der Waals surface area contributed by atoms with E-state index in [1.807, 2.05) is 0 Å². The molecular formula is C14H17F4NO2. The number of alkyl halides is 4. The number of ether oxygens (including phenoxy) is 2. The van der Waals surface area contributed by atoms with Crippen molar-refractivity contribution in [3.05, 3.63) is 23.8 Å². The van der Waals surface area contributed by atoms with Crippen LogP contribution in [-0.4, -0.2) is 19.8 Å². The van der Waals surface area contributed by atoms with E-state index in [2.05, 4.69) is 14.8 Å². The van der Waals surface area contributed by atoms with E-state index in [9.17, 15) is 17.6 Å². The molecule has 1 aliphatic carbocycles. The second-order valence-corrected chi connectivity index (χ2v) is 4.95. The van der Waals surface area contributed by atoms with Gasteiger partial charge >= 0.3 is 13.2 Å². The van der Waals surface area contributed by atoms with Gasteiger partial charge < -0.3 is 14.8 Å². The number of halogens is 4. The van der Waals surface area contributed by atoms with Gasteiger partial charge in [0.2, 0.25) is 0 Å². The molecule has 1 saturated carbocycles. The SMILES string of the molecule is FC(F)Oc1ccc(CNCC2CCC2)c(OC(F)F)c1. The first-order valence-electron chi connectivity index (χ1n) is 6.78. The van der Waals surface area contributed by atoms with Crippen molar-refractivity contribution >= 4 is 0 Å². The largest absolute Gasteiger partial charge is 0.435 e. The molecular weight excluding hydrogens is 290 g/mol. The average Bonchev–Trinajstić information content (AvgIpc) is 2.33. The zero-order valence-electron chi connectivity index (χ0n) is 11.3. The normalized spacial score (nSPS) is 15.3. The third-order valence-corrected chi connectivity index (χ3v) is 3.45. The van der Waals surface area contributed by atoms with Gasteiger partial charge in [-0.2, -0.15) is 17.6 Å². The highest BCUT2D eigenvalue weighted by Crippen LogP contribution is 2.28. The van der Waals surface area contributed by atoms with Gasteiger partial charge in [0.15, 0.2) is 0 Å². The first-order chi connectivity index (χ1) is 10.0. The van der Waals surface area contributed by atoms with Gasteiger partial charge in [-0.15, -0.1) is 0 Å². The van der Waals surface area contributed by atoms with Crippen LogP contribution >= 0.6 is 0 Å². The Hall–Kier alpha value is -1.50. The van der Waals surface area contributed by atoms with Gasteiger partial charge in [0.25, 0.3) is 0 Å². The molecule has 1 N–H and O–H groups in total. The van der Waals surface area contributed by atoms with Crippen LogP contribution < -0.4 is 14.8 Å². The number of hydrogen-bond acceptors (Lipinski definition) is 3. The third-order valence-electron chi connectivity index (χ3n) is 3.45. The van der Waals surface area contributed by atoms with Crippen molar-refractivity contribution in [1.29, 1.82) is 0 Å². The van der Waals surface area contributed by atoms with E-state index in [-0.39, 0.29) is 11.5 Å². The molecule has 1 aromatic rings. The van der Waals surface area contributed by atoms with Crippen LogP contribution in [0.15, 0.2) is 18.2 Å². The number of nitrogens with one attached hydrogen (secondary N) is 1. The summed E-state index contributed by atoms with van der Waals surface area (Å²) in [6.07, 6.45) is 3.58. The third kappa shape index (κ3) is 5.08. The van der Waals surface area contributed by atoms with E-state index in [1.54, 1.807) is 0 Å². The standard InChI is InChI=1S/C14H17F4NO2/c15-13(16)20-11-5-4-10(12(6-11)21-14(17)18)8-19-7-9-2-1-3-9/h4-6,9,13-14,19H,1-3,7-8H2. The Labute approximate surface area is 120 Å². The van der Waals surface area contributed by atoms with Gasteiger partial charge in [-0.1, -0.05) is 12.5 Å². The zero-order chi connectivity index (χ0) is 15.2. The fourth-order valence-corrected chi connectivity index (χ4v) is 2.17. The van der Waals surface area contributed by atoms with Gasteiger partial charge in [0.1, 0.15) is 11.5 Å². The van der Waals surface area contributed by atoms with E-state index in [1.165, 1.54) is 31.4 Å². The van der Waals surface area contributed by atoms with Crippen LogP contribution in [0.2, 0.25) is 0 Å². The first-order valence-corrected chi connectivity index (χ1v) is 6.78. The highest BCUT2D eigenvalue weighted by Gasteiger charge is 2.17. The molecule has 0 aliphatic heterocycles. The van der Waals surface area contributed by atoms with Crippen molar-refractivity contribution in [2.24, 2.45) is 5.92 Å². The summed E-state index contributed by atoms with van der Waals surface area (Å²) in [4.78, 5) is 0. The fourth-order valence-electron chi connectivity index (χ4n) is 2.17. The smallest absolute Gasteiger partial charge is 0.387 e. The monoisotopic (exact) mass is 307 g/mol. The Kier molecular flexibility index (Phi) is 5.67. The quantitative estimate of drug-likeness (QED) is 0.741. The van der Waals surface area contributed by atoms with Crippen molar-refractivity contribution in [2.45, 2.75) is 39.0 Å². The lowest BCUT2D eigenvalue weighted by Gasteiger charge is -2.25. The summed E-state index contributed by atoms with van der Waals surface area (Å²) in [6.45, 7) is -4.87. The summed E-state index contributed by atoms with van der Waals surface area (Å²) < 4.78 is 57.6. The lowest BCUT2D eigenvalue weighted by atomic mass is 9.85. The molecule has 2 rings (SSSR count). The van der Waals surface area contributed by atoms with Crippen LogP contribution in [0.3, 0.4) is 0 Å². The van der Waals surface area contributed by atoms with Crippen molar-refractivity contribution in [3.8, 4) is 11.5 Å². The summed E-state index contributed by atoms with van der Waals surface area (Å²) in [5, 5.41) is 3.16. The maximum absolute atomic E-state index is 12.4. The molecule has 118 valence electrons. The Morgan fingerprint density at radius 2 is 1.81 bits per heavy atom. The predicted octanol–water partition coefficient (Wildman–Crippen LogP) is 3.78. The summed E-state index contributed by atoms with van der Waals surface area (Å²) in [5.41, 5.74) is 0.483. The van der Waals surface area contributed by atoms with Gasteiger partial charge in [0, 0.05) is 18.2 Å². The summed E-state index contributed by atoms with van der Waals surface area (Å²) >= 11 is 0. The second kappa shape index (κ2) is 7.49.